The molecular weight excluding hydrogens is 223 g/mol. The maximum atomic E-state index is 11.9. The van der Waals surface area contributed by atoms with Crippen molar-refractivity contribution in [2.24, 2.45) is 5.84 Å². The number of hydrogen-bond donors (Lipinski definition) is 2. The third-order valence-corrected chi connectivity index (χ3v) is 1.36. The minimum atomic E-state index is -4.41. The summed E-state index contributed by atoms with van der Waals surface area (Å²) in [5.41, 5.74) is 1.66. The van der Waals surface area contributed by atoms with E-state index in [1.54, 1.807) is 5.43 Å². The molecule has 0 spiro atoms. The van der Waals surface area contributed by atoms with Crippen LogP contribution in [0.2, 0.25) is 0 Å². The van der Waals surface area contributed by atoms with Gasteiger partial charge in [0.15, 0.2) is 0 Å². The van der Waals surface area contributed by atoms with E-state index < -0.39 is 24.8 Å². The van der Waals surface area contributed by atoms with Crippen molar-refractivity contribution < 1.29 is 18.0 Å². The summed E-state index contributed by atoms with van der Waals surface area (Å²) in [6.07, 6.45) is -4.41. The molecule has 0 aromatic carbocycles. The molecule has 0 heterocycles. The first kappa shape index (κ1) is 15.8. The van der Waals surface area contributed by atoms with Crippen LogP contribution in [0.5, 0.6) is 0 Å². The van der Waals surface area contributed by atoms with Crippen LogP contribution in [0.3, 0.4) is 0 Å². The Morgan fingerprint density at radius 3 is 2.14 bits per heavy atom. The predicted molar refractivity (Wildman–Crippen MR) is 47.9 cm³/mol. The maximum Gasteiger partial charge on any atom is 0.406 e. The molecule has 0 atom stereocenters. The molecule has 0 aliphatic rings. The third-order valence-electron chi connectivity index (χ3n) is 1.36. The molecule has 0 aliphatic heterocycles. The molecule has 0 unspecified atom stereocenters. The number of rotatable bonds is 2. The molecule has 0 bridgehead atoms. The topological polar surface area (TPSA) is 58.4 Å². The Labute approximate surface area is 86.0 Å². The Balaban J connectivity index is 0. The van der Waals surface area contributed by atoms with Crippen LogP contribution >= 0.6 is 12.4 Å². The van der Waals surface area contributed by atoms with Crippen molar-refractivity contribution in [3.05, 3.63) is 0 Å². The molecule has 2 amide bonds. The largest absolute Gasteiger partial charge is 0.406 e. The minimum absolute atomic E-state index is 0. The summed E-state index contributed by atoms with van der Waals surface area (Å²) in [4.78, 5) is 11.4. The number of carbonyl (C=O) groups is 1. The first-order valence-electron chi connectivity index (χ1n) is 3.62. The van der Waals surface area contributed by atoms with Gasteiger partial charge in [0.25, 0.3) is 0 Å². The Bertz CT molecular complexity index is 186. The van der Waals surface area contributed by atoms with Gasteiger partial charge in [0, 0.05) is 6.04 Å². The Hall–Kier alpha value is -0.690. The average molecular weight is 236 g/mol. The van der Waals surface area contributed by atoms with Gasteiger partial charge in [-0.3, -0.25) is 5.43 Å². The number of halogens is 4. The molecule has 0 saturated heterocycles. The normalized spacial score (nSPS) is 10.8. The number of alkyl halides is 3. The van der Waals surface area contributed by atoms with Crippen LogP contribution in [0.4, 0.5) is 18.0 Å². The zero-order chi connectivity index (χ0) is 10.6. The zero-order valence-corrected chi connectivity index (χ0v) is 8.58. The molecule has 4 nitrogen and oxygen atoms in total. The van der Waals surface area contributed by atoms with Crippen LogP contribution < -0.4 is 11.3 Å². The number of nitrogens with two attached hydrogens (primary N) is 1. The molecule has 86 valence electrons. The van der Waals surface area contributed by atoms with E-state index in [-0.39, 0.29) is 12.4 Å². The second-order valence-electron chi connectivity index (χ2n) is 2.79. The van der Waals surface area contributed by atoms with Crippen molar-refractivity contribution in [3.63, 3.8) is 0 Å². The summed E-state index contributed by atoms with van der Waals surface area (Å²) < 4.78 is 35.7. The van der Waals surface area contributed by atoms with Crippen molar-refractivity contribution in [1.82, 2.24) is 10.3 Å². The van der Waals surface area contributed by atoms with Crippen molar-refractivity contribution in [1.29, 1.82) is 0 Å². The maximum absolute atomic E-state index is 11.9. The van der Waals surface area contributed by atoms with Crippen molar-refractivity contribution >= 4 is 18.4 Å². The fourth-order valence-electron chi connectivity index (χ4n) is 0.765. The highest BCUT2D eigenvalue weighted by Crippen LogP contribution is 2.17. The molecule has 8 heteroatoms. The fraction of sp³-hybridized carbons (Fsp3) is 0.833. The van der Waals surface area contributed by atoms with Gasteiger partial charge in [-0.1, -0.05) is 0 Å². The van der Waals surface area contributed by atoms with Crippen molar-refractivity contribution in [2.45, 2.75) is 26.1 Å². The first-order chi connectivity index (χ1) is 5.78. The molecule has 0 fully saturated rings. The molecular formula is C6H13ClF3N3O. The molecule has 0 aromatic rings. The SMILES string of the molecule is CC(C)N(CC(F)(F)F)C(=O)NN.Cl. The third kappa shape index (κ3) is 5.87. The van der Waals surface area contributed by atoms with E-state index in [1.807, 2.05) is 0 Å². The fourth-order valence-corrected chi connectivity index (χ4v) is 0.765. The van der Waals surface area contributed by atoms with Gasteiger partial charge in [-0.05, 0) is 13.8 Å². The van der Waals surface area contributed by atoms with E-state index in [0.717, 1.165) is 0 Å². The van der Waals surface area contributed by atoms with E-state index in [9.17, 15) is 18.0 Å². The zero-order valence-electron chi connectivity index (χ0n) is 7.76. The molecule has 0 aliphatic carbocycles. The highest BCUT2D eigenvalue weighted by Gasteiger charge is 2.33. The molecule has 14 heavy (non-hydrogen) atoms. The van der Waals surface area contributed by atoms with Crippen LogP contribution in [-0.4, -0.2) is 29.7 Å². The van der Waals surface area contributed by atoms with Gasteiger partial charge in [0.1, 0.15) is 6.54 Å². The number of hydrazine groups is 1. The minimum Gasteiger partial charge on any atom is -0.312 e. The van der Waals surface area contributed by atoms with Crippen LogP contribution in [-0.2, 0) is 0 Å². The smallest absolute Gasteiger partial charge is 0.312 e. The number of nitrogens with one attached hydrogen (secondary N) is 1. The summed E-state index contributed by atoms with van der Waals surface area (Å²) in [7, 11) is 0. The molecule has 0 aromatic heterocycles. The lowest BCUT2D eigenvalue weighted by atomic mass is 10.3. The Morgan fingerprint density at radius 2 is 1.93 bits per heavy atom. The lowest BCUT2D eigenvalue weighted by Crippen LogP contribution is -2.50. The van der Waals surface area contributed by atoms with Gasteiger partial charge < -0.3 is 4.90 Å². The van der Waals surface area contributed by atoms with Crippen LogP contribution in [0.25, 0.3) is 0 Å². The van der Waals surface area contributed by atoms with Crippen LogP contribution in [0, 0.1) is 0 Å². The summed E-state index contributed by atoms with van der Waals surface area (Å²) >= 11 is 0. The monoisotopic (exact) mass is 235 g/mol. The van der Waals surface area contributed by atoms with Gasteiger partial charge in [-0.15, -0.1) is 12.4 Å². The molecule has 0 rings (SSSR count). The number of hydrogen-bond acceptors (Lipinski definition) is 2. The summed E-state index contributed by atoms with van der Waals surface area (Å²) in [6, 6.07) is -1.49. The Morgan fingerprint density at radius 1 is 1.50 bits per heavy atom. The van der Waals surface area contributed by atoms with E-state index >= 15 is 0 Å². The lowest BCUT2D eigenvalue weighted by Gasteiger charge is -2.26. The van der Waals surface area contributed by atoms with Gasteiger partial charge >= 0.3 is 12.2 Å². The number of carbonyl (C=O) groups excluding carboxylic acids is 1. The highest BCUT2D eigenvalue weighted by molar-refractivity contribution is 5.85. The van der Waals surface area contributed by atoms with E-state index in [0.29, 0.717) is 4.90 Å². The van der Waals surface area contributed by atoms with Crippen LogP contribution in [0.1, 0.15) is 13.8 Å². The summed E-state index contributed by atoms with van der Waals surface area (Å²) in [5, 5.41) is 0. The molecule has 0 saturated carbocycles. The second-order valence-corrected chi connectivity index (χ2v) is 2.79. The Kier molecular flexibility index (Phi) is 6.67. The molecule has 0 radical (unpaired) electrons. The second kappa shape index (κ2) is 5.92. The number of urea groups is 1. The lowest BCUT2D eigenvalue weighted by molar-refractivity contribution is -0.142. The van der Waals surface area contributed by atoms with Gasteiger partial charge in [0.05, 0.1) is 0 Å². The van der Waals surface area contributed by atoms with E-state index in [2.05, 4.69) is 0 Å². The summed E-state index contributed by atoms with van der Waals surface area (Å²) in [5.74, 6) is 4.72. The van der Waals surface area contributed by atoms with Gasteiger partial charge in [-0.2, -0.15) is 13.2 Å². The quantitative estimate of drug-likeness (QED) is 0.430. The van der Waals surface area contributed by atoms with Gasteiger partial charge in [0.2, 0.25) is 0 Å². The number of nitrogens with zero attached hydrogens (tertiary/aromatic N) is 1. The van der Waals surface area contributed by atoms with Crippen LogP contribution in [0.15, 0.2) is 0 Å². The standard InChI is InChI=1S/C6H12F3N3O.ClH/c1-4(2)12(5(13)11-10)3-6(7,8)9;/h4H,3,10H2,1-2H3,(H,11,13);1H. The van der Waals surface area contributed by atoms with Gasteiger partial charge in [-0.25, -0.2) is 10.6 Å². The molecule has 3 N–H and O–H groups in total. The van der Waals surface area contributed by atoms with Crippen molar-refractivity contribution in [3.8, 4) is 0 Å². The first-order valence-corrected chi connectivity index (χ1v) is 3.62. The van der Waals surface area contributed by atoms with E-state index in [1.165, 1.54) is 13.8 Å². The van der Waals surface area contributed by atoms with E-state index in [4.69, 9.17) is 5.84 Å². The average Bonchev–Trinajstić information content (AvgIpc) is 1.96. The number of amides is 2. The van der Waals surface area contributed by atoms with Crippen molar-refractivity contribution in [2.75, 3.05) is 6.54 Å². The summed E-state index contributed by atoms with van der Waals surface area (Å²) in [6.45, 7) is 1.65. The predicted octanol–water partition coefficient (Wildman–Crippen LogP) is 1.26. The highest BCUT2D eigenvalue weighted by atomic mass is 35.5.